The monoisotopic (exact) mass is 278 g/mol. The Morgan fingerprint density at radius 3 is 2.72 bits per heavy atom. The third kappa shape index (κ3) is 2.21. The second-order valence-electron chi connectivity index (χ2n) is 4.42. The summed E-state index contributed by atoms with van der Waals surface area (Å²) in [7, 11) is 0. The zero-order chi connectivity index (χ0) is 12.5. The van der Waals surface area contributed by atoms with Crippen LogP contribution in [0.4, 0.5) is 0 Å². The lowest BCUT2D eigenvalue weighted by Crippen LogP contribution is -2.15. The van der Waals surface area contributed by atoms with Crippen molar-refractivity contribution in [1.29, 1.82) is 0 Å². The van der Waals surface area contributed by atoms with Crippen LogP contribution in [0, 0.1) is 0 Å². The maximum atomic E-state index is 6.23. The maximum absolute atomic E-state index is 6.23. The average molecular weight is 279 g/mol. The smallest absolute Gasteiger partial charge is 0.125 e. The van der Waals surface area contributed by atoms with Crippen molar-refractivity contribution in [2.45, 2.75) is 18.9 Å². The Kier molecular flexibility index (Phi) is 3.19. The Labute approximate surface area is 116 Å². The number of rotatable bonds is 1. The van der Waals surface area contributed by atoms with E-state index in [4.69, 9.17) is 27.9 Å². The van der Waals surface area contributed by atoms with Crippen LogP contribution in [0.5, 0.6) is 5.75 Å². The molecule has 1 aliphatic rings. The molecule has 1 atom stereocenters. The summed E-state index contributed by atoms with van der Waals surface area (Å²) in [5.41, 5.74) is 2.27. The molecule has 1 aliphatic heterocycles. The molecule has 0 radical (unpaired) electrons. The Balaban J connectivity index is 1.92. The quantitative estimate of drug-likeness (QED) is 0.709. The van der Waals surface area contributed by atoms with Crippen LogP contribution in [0.15, 0.2) is 42.5 Å². The first-order valence-corrected chi connectivity index (χ1v) is 6.69. The fraction of sp³-hybridized carbons (Fsp3) is 0.200. The predicted molar refractivity (Wildman–Crippen MR) is 74.6 cm³/mol. The van der Waals surface area contributed by atoms with Crippen molar-refractivity contribution in [3.63, 3.8) is 0 Å². The third-order valence-electron chi connectivity index (χ3n) is 3.23. The highest BCUT2D eigenvalue weighted by Gasteiger charge is 2.22. The molecule has 18 heavy (non-hydrogen) atoms. The minimum Gasteiger partial charge on any atom is -0.485 e. The topological polar surface area (TPSA) is 9.23 Å². The Morgan fingerprint density at radius 2 is 1.89 bits per heavy atom. The first kappa shape index (κ1) is 11.9. The van der Waals surface area contributed by atoms with Gasteiger partial charge in [0.1, 0.15) is 11.9 Å². The van der Waals surface area contributed by atoms with E-state index in [9.17, 15) is 0 Å². The van der Waals surface area contributed by atoms with E-state index < -0.39 is 0 Å². The SMILES string of the molecule is Clc1ccc(C2CCc3ccccc3O2)c(Cl)c1. The lowest BCUT2D eigenvalue weighted by atomic mass is 9.97. The zero-order valence-corrected chi connectivity index (χ0v) is 11.2. The van der Waals surface area contributed by atoms with Crippen molar-refractivity contribution in [2.75, 3.05) is 0 Å². The molecule has 0 aliphatic carbocycles. The summed E-state index contributed by atoms with van der Waals surface area (Å²) in [6.45, 7) is 0. The van der Waals surface area contributed by atoms with Gasteiger partial charge in [-0.1, -0.05) is 47.5 Å². The molecule has 0 amide bonds. The highest BCUT2D eigenvalue weighted by atomic mass is 35.5. The Morgan fingerprint density at radius 1 is 1.06 bits per heavy atom. The Hall–Kier alpha value is -1.18. The van der Waals surface area contributed by atoms with Gasteiger partial charge < -0.3 is 4.74 Å². The van der Waals surface area contributed by atoms with Crippen molar-refractivity contribution in [1.82, 2.24) is 0 Å². The predicted octanol–water partition coefficient (Wildman–Crippen LogP) is 5.06. The molecule has 1 nitrogen and oxygen atoms in total. The molecule has 0 aromatic heterocycles. The van der Waals surface area contributed by atoms with Crippen LogP contribution < -0.4 is 4.74 Å². The van der Waals surface area contributed by atoms with Crippen LogP contribution in [0.3, 0.4) is 0 Å². The molecule has 1 unspecified atom stereocenters. The molecule has 2 aromatic carbocycles. The highest BCUT2D eigenvalue weighted by Crippen LogP contribution is 2.37. The number of para-hydroxylation sites is 1. The molecule has 0 spiro atoms. The maximum Gasteiger partial charge on any atom is 0.125 e. The number of halogens is 2. The molecule has 1 heterocycles. The van der Waals surface area contributed by atoms with Crippen LogP contribution in [-0.4, -0.2) is 0 Å². The number of aryl methyl sites for hydroxylation is 1. The zero-order valence-electron chi connectivity index (χ0n) is 9.70. The molecule has 0 saturated carbocycles. The number of hydrogen-bond acceptors (Lipinski definition) is 1. The summed E-state index contributed by atoms with van der Waals surface area (Å²) >= 11 is 12.1. The number of hydrogen-bond donors (Lipinski definition) is 0. The second-order valence-corrected chi connectivity index (χ2v) is 5.26. The Bertz CT molecular complexity index is 580. The molecule has 2 aromatic rings. The lowest BCUT2D eigenvalue weighted by molar-refractivity contribution is 0.177. The van der Waals surface area contributed by atoms with Crippen LogP contribution in [0.25, 0.3) is 0 Å². The summed E-state index contributed by atoms with van der Waals surface area (Å²) in [5, 5.41) is 1.33. The molecule has 3 heteroatoms. The van der Waals surface area contributed by atoms with Gasteiger partial charge in [-0.2, -0.15) is 0 Å². The van der Waals surface area contributed by atoms with Gasteiger partial charge in [0.2, 0.25) is 0 Å². The first-order valence-electron chi connectivity index (χ1n) is 5.93. The molecule has 0 N–H and O–H groups in total. The van der Waals surface area contributed by atoms with Crippen LogP contribution in [0.1, 0.15) is 23.7 Å². The van der Waals surface area contributed by atoms with Crippen molar-refractivity contribution in [2.24, 2.45) is 0 Å². The third-order valence-corrected chi connectivity index (χ3v) is 3.79. The van der Waals surface area contributed by atoms with E-state index in [1.54, 1.807) is 6.07 Å². The summed E-state index contributed by atoms with van der Waals surface area (Å²) < 4.78 is 6.01. The van der Waals surface area contributed by atoms with E-state index >= 15 is 0 Å². The van der Waals surface area contributed by atoms with Crippen LogP contribution in [0.2, 0.25) is 10.0 Å². The largest absolute Gasteiger partial charge is 0.485 e. The number of ether oxygens (including phenoxy) is 1. The van der Waals surface area contributed by atoms with Gasteiger partial charge in [0.25, 0.3) is 0 Å². The number of fused-ring (bicyclic) bond motifs is 1. The van der Waals surface area contributed by atoms with Crippen molar-refractivity contribution in [3.8, 4) is 5.75 Å². The van der Waals surface area contributed by atoms with Gasteiger partial charge in [0.15, 0.2) is 0 Å². The number of benzene rings is 2. The van der Waals surface area contributed by atoms with E-state index in [0.717, 1.165) is 24.2 Å². The molecule has 3 rings (SSSR count). The van der Waals surface area contributed by atoms with Crippen molar-refractivity contribution < 1.29 is 4.74 Å². The van der Waals surface area contributed by atoms with E-state index in [-0.39, 0.29) is 6.10 Å². The summed E-state index contributed by atoms with van der Waals surface area (Å²) in [5.74, 6) is 0.958. The first-order chi connectivity index (χ1) is 8.74. The molecule has 0 bridgehead atoms. The molecular formula is C15H12Cl2O. The molecule has 92 valence electrons. The minimum atomic E-state index is 0.0182. The highest BCUT2D eigenvalue weighted by molar-refractivity contribution is 6.35. The van der Waals surface area contributed by atoms with Gasteiger partial charge in [-0.05, 0) is 36.6 Å². The second kappa shape index (κ2) is 4.83. The minimum absolute atomic E-state index is 0.0182. The summed E-state index contributed by atoms with van der Waals surface area (Å²) in [4.78, 5) is 0. The van der Waals surface area contributed by atoms with Gasteiger partial charge >= 0.3 is 0 Å². The van der Waals surface area contributed by atoms with Crippen LogP contribution >= 0.6 is 23.2 Å². The van der Waals surface area contributed by atoms with E-state index in [1.165, 1.54) is 5.56 Å². The van der Waals surface area contributed by atoms with E-state index in [0.29, 0.717) is 10.0 Å². The van der Waals surface area contributed by atoms with Crippen molar-refractivity contribution >= 4 is 23.2 Å². The molecular weight excluding hydrogens is 267 g/mol. The van der Waals surface area contributed by atoms with E-state index in [2.05, 4.69) is 6.07 Å². The van der Waals surface area contributed by atoms with Crippen molar-refractivity contribution in [3.05, 3.63) is 63.6 Å². The van der Waals surface area contributed by atoms with E-state index in [1.807, 2.05) is 30.3 Å². The van der Waals surface area contributed by atoms with Gasteiger partial charge in [-0.3, -0.25) is 0 Å². The fourth-order valence-corrected chi connectivity index (χ4v) is 2.84. The van der Waals surface area contributed by atoms with Crippen LogP contribution in [-0.2, 0) is 6.42 Å². The van der Waals surface area contributed by atoms with Gasteiger partial charge in [0, 0.05) is 15.6 Å². The lowest BCUT2D eigenvalue weighted by Gasteiger charge is -2.27. The van der Waals surface area contributed by atoms with Gasteiger partial charge in [0.05, 0.1) is 0 Å². The molecule has 0 fully saturated rings. The summed E-state index contributed by atoms with van der Waals surface area (Å²) in [6.07, 6.45) is 1.97. The average Bonchev–Trinajstić information content (AvgIpc) is 2.38. The van der Waals surface area contributed by atoms with Gasteiger partial charge in [-0.15, -0.1) is 0 Å². The normalized spacial score (nSPS) is 18.0. The summed E-state index contributed by atoms with van der Waals surface area (Å²) in [6, 6.07) is 13.7. The standard InChI is InChI=1S/C15H12Cl2O/c16-11-6-7-12(13(17)9-11)15-8-5-10-3-1-2-4-14(10)18-15/h1-4,6-7,9,15H,5,8H2. The molecule has 0 saturated heterocycles. The van der Waals surface area contributed by atoms with Gasteiger partial charge in [-0.25, -0.2) is 0 Å². The fourth-order valence-electron chi connectivity index (χ4n) is 2.31.